The monoisotopic (exact) mass is 206 g/mol. The second kappa shape index (κ2) is 9.56. The van der Waals surface area contributed by atoms with Crippen molar-refractivity contribution in [1.82, 2.24) is 0 Å². The zero-order valence-corrected chi connectivity index (χ0v) is 10.8. The van der Waals surface area contributed by atoms with Crippen molar-refractivity contribution in [3.8, 4) is 0 Å². The summed E-state index contributed by atoms with van der Waals surface area (Å²) in [6, 6.07) is 0. The molecule has 4 nitrogen and oxygen atoms in total. The molecule has 10 heavy (non-hydrogen) atoms. The van der Waals surface area contributed by atoms with Crippen LogP contribution in [-0.4, -0.2) is 22.2 Å². The van der Waals surface area contributed by atoms with E-state index in [2.05, 4.69) is 0 Å². The molecule has 50 valence electrons. The zero-order chi connectivity index (χ0) is 6.57. The first-order valence-electron chi connectivity index (χ1n) is 2.06. The van der Waals surface area contributed by atoms with Gasteiger partial charge in [0.15, 0.2) is 0 Å². The van der Waals surface area contributed by atoms with Gasteiger partial charge in [-0.1, -0.05) is 0 Å². The summed E-state index contributed by atoms with van der Waals surface area (Å²) in [5.41, 5.74) is 0. The Morgan fingerprint density at radius 1 is 1.10 bits per heavy atom. The second-order valence-corrected chi connectivity index (χ2v) is 1.29. The Labute approximate surface area is 94.5 Å². The average Bonchev–Trinajstić information content (AvgIpc) is 1.61. The van der Waals surface area contributed by atoms with Gasteiger partial charge in [-0.2, -0.15) is 0 Å². The quantitative estimate of drug-likeness (QED) is 0.485. The minimum atomic E-state index is -1.08. The number of carbonyl (C=O) groups is 2. The predicted octanol–water partition coefficient (Wildman–Crippen LogP) is -2.95. The molecule has 0 aromatic rings. The van der Waals surface area contributed by atoms with Gasteiger partial charge in [-0.05, 0) is 0 Å². The molecule has 0 rings (SSSR count). The molecule has 0 atom stereocenters. The topological polar surface area (TPSA) is 74.6 Å². The van der Waals surface area contributed by atoms with Crippen LogP contribution in [0.2, 0.25) is 0 Å². The van der Waals surface area contributed by atoms with Gasteiger partial charge in [0.2, 0.25) is 0 Å². The van der Waals surface area contributed by atoms with Crippen LogP contribution < -0.4 is 29.6 Å². The number of carboxylic acids is 2. The first kappa shape index (κ1) is 16.9. The fraction of sp³-hybridized carbons (Fsp3) is 0.500. The van der Waals surface area contributed by atoms with E-state index >= 15 is 0 Å². The van der Waals surface area contributed by atoms with Crippen molar-refractivity contribution in [2.24, 2.45) is 0 Å². The van der Waals surface area contributed by atoms with Gasteiger partial charge >= 0.3 is 41.5 Å². The van der Waals surface area contributed by atoms with Crippen molar-refractivity contribution in [2.75, 3.05) is 0 Å². The van der Waals surface area contributed by atoms with Gasteiger partial charge in [0, 0.05) is 19.5 Å². The molecule has 0 spiro atoms. The molecule has 0 aromatic carbocycles. The summed E-state index contributed by atoms with van der Waals surface area (Å²) < 4.78 is 0. The van der Waals surface area contributed by atoms with Gasteiger partial charge in [0.1, 0.15) is 0 Å². The van der Waals surface area contributed by atoms with Crippen molar-refractivity contribution >= 4 is 11.9 Å². The summed E-state index contributed by atoms with van der Waals surface area (Å²) in [6.45, 7) is 0. The SMILES string of the molecule is O=C(O)CCC(=O)O.[H-].[Na+].[Zn]. The molecule has 0 aliphatic rings. The van der Waals surface area contributed by atoms with E-state index < -0.39 is 11.9 Å². The Bertz CT molecular complexity index is 107. The molecule has 0 fully saturated rings. The molecular weight excluding hydrogens is 200 g/mol. The minimum Gasteiger partial charge on any atom is -1.00 e. The average molecular weight is 207 g/mol. The van der Waals surface area contributed by atoms with Crippen LogP contribution in [0.15, 0.2) is 0 Å². The fourth-order valence-electron chi connectivity index (χ4n) is 0.214. The number of aliphatic carboxylic acids is 2. The molecule has 0 saturated carbocycles. The van der Waals surface area contributed by atoms with Gasteiger partial charge in [-0.15, -0.1) is 0 Å². The third-order valence-corrected chi connectivity index (χ3v) is 0.553. The summed E-state index contributed by atoms with van der Waals surface area (Å²) in [5.74, 6) is -2.15. The molecular formula is C4H7NaO4Zn. The third kappa shape index (κ3) is 15.8. The number of carboxylic acid groups (broad SMARTS) is 2. The summed E-state index contributed by atoms with van der Waals surface area (Å²) in [5, 5.41) is 15.8. The molecule has 0 aliphatic heterocycles. The maximum absolute atomic E-state index is 9.64. The van der Waals surface area contributed by atoms with E-state index in [1.807, 2.05) is 0 Å². The molecule has 0 bridgehead atoms. The largest absolute Gasteiger partial charge is 1.00 e. The molecule has 0 amide bonds. The predicted molar refractivity (Wildman–Crippen MR) is 25.6 cm³/mol. The molecule has 0 radical (unpaired) electrons. The van der Waals surface area contributed by atoms with E-state index in [1.54, 1.807) is 0 Å². The van der Waals surface area contributed by atoms with Crippen molar-refractivity contribution < 1.29 is 70.3 Å². The van der Waals surface area contributed by atoms with Gasteiger partial charge in [0.05, 0.1) is 12.8 Å². The van der Waals surface area contributed by atoms with E-state index in [9.17, 15) is 9.59 Å². The Balaban J connectivity index is -0.0000000817. The van der Waals surface area contributed by atoms with E-state index in [-0.39, 0.29) is 63.3 Å². The molecule has 0 aliphatic carbocycles. The summed E-state index contributed by atoms with van der Waals surface area (Å²) in [6.07, 6.45) is -0.593. The first-order valence-corrected chi connectivity index (χ1v) is 2.06. The molecule has 0 aromatic heterocycles. The number of rotatable bonds is 3. The Hall–Kier alpha value is 0.563. The first-order chi connectivity index (χ1) is 3.63. The normalized spacial score (nSPS) is 6.80. The maximum Gasteiger partial charge on any atom is 1.00 e. The van der Waals surface area contributed by atoms with Gasteiger partial charge < -0.3 is 11.6 Å². The van der Waals surface area contributed by atoms with Crippen molar-refractivity contribution in [2.45, 2.75) is 12.8 Å². The number of hydrogen-bond acceptors (Lipinski definition) is 2. The molecule has 6 heteroatoms. The van der Waals surface area contributed by atoms with Crippen LogP contribution in [0.25, 0.3) is 0 Å². The number of hydrogen-bond donors (Lipinski definition) is 2. The standard InChI is InChI=1S/C4H6O4.Na.Zn.H/c5-3(6)1-2-4(7)8;;;/h1-2H2,(H,5,6)(H,7,8);;;/q;+1;;-1. The molecule has 0 heterocycles. The van der Waals surface area contributed by atoms with Gasteiger partial charge in [-0.3, -0.25) is 9.59 Å². The van der Waals surface area contributed by atoms with Crippen LogP contribution in [-0.2, 0) is 29.1 Å². The zero-order valence-electron chi connectivity index (χ0n) is 6.83. The van der Waals surface area contributed by atoms with Crippen LogP contribution in [0.4, 0.5) is 0 Å². The Kier molecular flexibility index (Phi) is 16.2. The fourth-order valence-corrected chi connectivity index (χ4v) is 0.214. The molecule has 2 N–H and O–H groups in total. The van der Waals surface area contributed by atoms with Crippen molar-refractivity contribution in [3.05, 3.63) is 0 Å². The van der Waals surface area contributed by atoms with Crippen molar-refractivity contribution in [1.29, 1.82) is 0 Å². The van der Waals surface area contributed by atoms with E-state index in [1.165, 1.54) is 0 Å². The molecule has 0 unspecified atom stereocenters. The van der Waals surface area contributed by atoms with Crippen molar-refractivity contribution in [3.63, 3.8) is 0 Å². The Morgan fingerprint density at radius 2 is 1.30 bits per heavy atom. The van der Waals surface area contributed by atoms with Crippen LogP contribution in [0.1, 0.15) is 14.3 Å². The van der Waals surface area contributed by atoms with Gasteiger partial charge in [0.25, 0.3) is 0 Å². The van der Waals surface area contributed by atoms with Crippen LogP contribution in [0, 0.1) is 0 Å². The summed E-state index contributed by atoms with van der Waals surface area (Å²) in [7, 11) is 0. The third-order valence-electron chi connectivity index (χ3n) is 0.553. The Morgan fingerprint density at radius 3 is 1.40 bits per heavy atom. The van der Waals surface area contributed by atoms with Crippen LogP contribution in [0.3, 0.4) is 0 Å². The van der Waals surface area contributed by atoms with Crippen LogP contribution in [0.5, 0.6) is 0 Å². The molecule has 0 saturated heterocycles. The van der Waals surface area contributed by atoms with Gasteiger partial charge in [-0.25, -0.2) is 0 Å². The van der Waals surface area contributed by atoms with Crippen LogP contribution >= 0.6 is 0 Å². The summed E-state index contributed by atoms with van der Waals surface area (Å²) >= 11 is 0. The summed E-state index contributed by atoms with van der Waals surface area (Å²) in [4.78, 5) is 19.3. The van der Waals surface area contributed by atoms with E-state index in [0.29, 0.717) is 0 Å². The maximum atomic E-state index is 9.64. The van der Waals surface area contributed by atoms with E-state index in [4.69, 9.17) is 10.2 Å². The second-order valence-electron chi connectivity index (χ2n) is 1.29. The smallest absolute Gasteiger partial charge is 1.00 e. The van der Waals surface area contributed by atoms with E-state index in [0.717, 1.165) is 0 Å². The minimum absolute atomic E-state index is 0.